The first-order chi connectivity index (χ1) is 14.8. The molecule has 4 heterocycles. The van der Waals surface area contributed by atoms with Crippen LogP contribution in [0.15, 0.2) is 47.4 Å². The van der Waals surface area contributed by atoms with E-state index in [0.717, 1.165) is 17.6 Å². The monoisotopic (exact) mass is 421 g/mol. The number of pyridine rings is 1. The molecule has 0 saturated carbocycles. The summed E-state index contributed by atoms with van der Waals surface area (Å²) in [5.74, 6) is -1.72. The second-order valence-electron chi connectivity index (χ2n) is 8.63. The minimum atomic E-state index is -1.04. The smallest absolute Gasteiger partial charge is 0.335 e. The highest BCUT2D eigenvalue weighted by molar-refractivity contribution is 5.96. The van der Waals surface area contributed by atoms with Gasteiger partial charge in [-0.2, -0.15) is 0 Å². The lowest BCUT2D eigenvalue weighted by Crippen LogP contribution is -2.49. The van der Waals surface area contributed by atoms with Crippen molar-refractivity contribution in [1.82, 2.24) is 14.0 Å². The van der Waals surface area contributed by atoms with E-state index in [-0.39, 0.29) is 23.0 Å². The number of likely N-dealkylation sites (tertiary alicyclic amines) is 1. The summed E-state index contributed by atoms with van der Waals surface area (Å²) in [4.78, 5) is 38.2. The average Bonchev–Trinajstić information content (AvgIpc) is 3.04. The lowest BCUT2D eigenvalue weighted by Gasteiger charge is -2.44. The van der Waals surface area contributed by atoms with Crippen LogP contribution in [-0.4, -0.2) is 49.3 Å². The highest BCUT2D eigenvalue weighted by atomic mass is 16.4. The zero-order valence-corrected chi connectivity index (χ0v) is 17.1. The zero-order valence-electron chi connectivity index (χ0n) is 17.1. The normalized spacial score (nSPS) is 21.6. The van der Waals surface area contributed by atoms with Crippen molar-refractivity contribution in [2.24, 2.45) is 13.0 Å². The van der Waals surface area contributed by atoms with Crippen molar-refractivity contribution in [2.75, 3.05) is 13.1 Å². The zero-order chi connectivity index (χ0) is 21.9. The van der Waals surface area contributed by atoms with Crippen LogP contribution in [0.3, 0.4) is 0 Å². The Morgan fingerprint density at radius 3 is 2.65 bits per heavy atom. The van der Waals surface area contributed by atoms with Gasteiger partial charge in [0, 0.05) is 67.0 Å². The Morgan fingerprint density at radius 2 is 1.90 bits per heavy atom. The van der Waals surface area contributed by atoms with Gasteiger partial charge in [-0.1, -0.05) is 6.07 Å². The number of aromatic carboxylic acids is 1. The molecular formula is C23H23N3O5. The molecule has 2 aromatic heterocycles. The number of aliphatic carboxylic acids is 1. The molecule has 1 aromatic carbocycles. The number of hydrogen-bond acceptors (Lipinski definition) is 4. The number of carbonyl (C=O) groups is 2. The second-order valence-corrected chi connectivity index (χ2v) is 8.63. The largest absolute Gasteiger partial charge is 0.480 e. The van der Waals surface area contributed by atoms with E-state index in [2.05, 4.69) is 0 Å². The van der Waals surface area contributed by atoms with Gasteiger partial charge in [-0.05, 0) is 36.6 Å². The fourth-order valence-electron chi connectivity index (χ4n) is 5.40. The Hall–Kier alpha value is -3.39. The van der Waals surface area contributed by atoms with Crippen LogP contribution in [0.25, 0.3) is 10.9 Å². The molecule has 31 heavy (non-hydrogen) atoms. The number of fused-ring (bicyclic) bond motifs is 5. The van der Waals surface area contributed by atoms with Gasteiger partial charge >= 0.3 is 11.9 Å². The molecule has 160 valence electrons. The van der Waals surface area contributed by atoms with Gasteiger partial charge in [0.05, 0.1) is 5.56 Å². The van der Waals surface area contributed by atoms with Crippen molar-refractivity contribution in [3.05, 3.63) is 69.8 Å². The van der Waals surface area contributed by atoms with E-state index < -0.39 is 18.0 Å². The predicted octanol–water partition coefficient (Wildman–Crippen LogP) is 2.28. The number of aryl methyl sites for hydroxylation is 1. The molecule has 5 rings (SSSR count). The number of rotatable bonds is 4. The van der Waals surface area contributed by atoms with E-state index in [9.17, 15) is 24.6 Å². The summed E-state index contributed by atoms with van der Waals surface area (Å²) in [6, 6.07) is 9.21. The summed E-state index contributed by atoms with van der Waals surface area (Å²) >= 11 is 0. The van der Waals surface area contributed by atoms with Crippen molar-refractivity contribution in [3.8, 4) is 0 Å². The molecule has 0 spiro atoms. The molecule has 2 bridgehead atoms. The molecule has 8 nitrogen and oxygen atoms in total. The number of carboxylic acids is 2. The molecule has 0 aliphatic carbocycles. The van der Waals surface area contributed by atoms with Gasteiger partial charge in [-0.15, -0.1) is 0 Å². The van der Waals surface area contributed by atoms with E-state index in [1.807, 2.05) is 27.1 Å². The van der Waals surface area contributed by atoms with Crippen LogP contribution >= 0.6 is 0 Å². The number of carboxylic acid groups (broad SMARTS) is 2. The van der Waals surface area contributed by atoms with Gasteiger partial charge in [0.2, 0.25) is 0 Å². The predicted molar refractivity (Wildman–Crippen MR) is 113 cm³/mol. The van der Waals surface area contributed by atoms with Gasteiger partial charge in [0.25, 0.3) is 5.56 Å². The molecule has 0 radical (unpaired) electrons. The van der Waals surface area contributed by atoms with Gasteiger partial charge in [0.15, 0.2) is 0 Å². The number of aromatic nitrogens is 2. The molecule has 1 saturated heterocycles. The van der Waals surface area contributed by atoms with Crippen LogP contribution in [0.2, 0.25) is 0 Å². The third-order valence-corrected chi connectivity index (χ3v) is 6.67. The molecule has 3 aromatic rings. The molecule has 2 N–H and O–H groups in total. The van der Waals surface area contributed by atoms with E-state index in [4.69, 9.17) is 0 Å². The van der Waals surface area contributed by atoms with Gasteiger partial charge in [-0.25, -0.2) is 4.79 Å². The lowest BCUT2D eigenvalue weighted by molar-refractivity contribution is -0.144. The molecule has 3 atom stereocenters. The van der Waals surface area contributed by atoms with Crippen LogP contribution < -0.4 is 5.56 Å². The number of piperidine rings is 1. The quantitative estimate of drug-likeness (QED) is 0.670. The summed E-state index contributed by atoms with van der Waals surface area (Å²) in [7, 11) is 1.83. The minimum Gasteiger partial charge on any atom is -0.480 e. The maximum atomic E-state index is 12.5. The Labute approximate surface area is 177 Å². The summed E-state index contributed by atoms with van der Waals surface area (Å²) in [5.41, 5.74) is 2.47. The van der Waals surface area contributed by atoms with E-state index >= 15 is 0 Å². The average molecular weight is 421 g/mol. The summed E-state index contributed by atoms with van der Waals surface area (Å²) in [5, 5.41) is 20.2. The Kier molecular flexibility index (Phi) is 4.48. The third kappa shape index (κ3) is 3.14. The molecule has 0 amide bonds. The van der Waals surface area contributed by atoms with Crippen molar-refractivity contribution in [3.63, 3.8) is 0 Å². The van der Waals surface area contributed by atoms with Crippen LogP contribution in [0.1, 0.15) is 40.0 Å². The van der Waals surface area contributed by atoms with Crippen LogP contribution in [-0.2, 0) is 18.4 Å². The first kappa shape index (κ1) is 19.6. The topological polar surface area (TPSA) is 105 Å². The third-order valence-electron chi connectivity index (χ3n) is 6.67. The minimum absolute atomic E-state index is 0.00862. The van der Waals surface area contributed by atoms with Crippen molar-refractivity contribution in [1.29, 1.82) is 0 Å². The van der Waals surface area contributed by atoms with Crippen LogP contribution in [0.5, 0.6) is 0 Å². The molecule has 2 aliphatic rings. The summed E-state index contributed by atoms with van der Waals surface area (Å²) < 4.78 is 3.66. The summed E-state index contributed by atoms with van der Waals surface area (Å²) in [6.45, 7) is 1.70. The van der Waals surface area contributed by atoms with E-state index in [0.29, 0.717) is 30.6 Å². The first-order valence-electron chi connectivity index (χ1n) is 10.3. The van der Waals surface area contributed by atoms with Gasteiger partial charge in [-0.3, -0.25) is 14.5 Å². The molecule has 1 unspecified atom stereocenters. The van der Waals surface area contributed by atoms with Crippen molar-refractivity contribution >= 4 is 22.8 Å². The SMILES string of the molecule is Cn1cc(C(C(=O)O)N2C[C@@H]3C[C@@H](C2)c2cccc(=O)n2C3)c2cc(C(=O)O)ccc21. The number of hydrogen-bond donors (Lipinski definition) is 2. The Morgan fingerprint density at radius 1 is 1.10 bits per heavy atom. The summed E-state index contributed by atoms with van der Waals surface area (Å²) in [6.07, 6.45) is 2.73. The first-order valence-corrected chi connectivity index (χ1v) is 10.3. The Balaban J connectivity index is 1.58. The maximum Gasteiger partial charge on any atom is 0.335 e. The fraction of sp³-hybridized carbons (Fsp3) is 0.348. The molecule has 2 aliphatic heterocycles. The number of benzene rings is 1. The fourth-order valence-corrected chi connectivity index (χ4v) is 5.40. The molecule has 1 fully saturated rings. The van der Waals surface area contributed by atoms with Gasteiger partial charge < -0.3 is 19.3 Å². The Bertz CT molecular complexity index is 1270. The highest BCUT2D eigenvalue weighted by Gasteiger charge is 2.40. The number of nitrogens with zero attached hydrogens (tertiary/aromatic N) is 3. The van der Waals surface area contributed by atoms with Crippen LogP contribution in [0.4, 0.5) is 0 Å². The maximum absolute atomic E-state index is 12.5. The second kappa shape index (κ2) is 7.09. The highest BCUT2D eigenvalue weighted by Crippen LogP contribution is 2.40. The standard InChI is InChI=1S/C23H23N3O5/c1-24-12-17(16-8-14(22(28)29)5-6-19(16)24)21(23(30)31)25-9-13-7-15(11-25)18-3-2-4-20(27)26(18)10-13/h2-6,8,12-13,15,21H,7,9-11H2,1H3,(H,28,29)(H,30,31)/t13-,15-,21?/m0/s1. The van der Waals surface area contributed by atoms with Gasteiger partial charge in [0.1, 0.15) is 6.04 Å². The van der Waals surface area contributed by atoms with Crippen LogP contribution in [0, 0.1) is 5.92 Å². The molecular weight excluding hydrogens is 398 g/mol. The lowest BCUT2D eigenvalue weighted by atomic mass is 9.82. The van der Waals surface area contributed by atoms with E-state index in [1.165, 1.54) is 6.07 Å². The van der Waals surface area contributed by atoms with Crippen molar-refractivity contribution < 1.29 is 19.8 Å². The molecule has 8 heteroatoms. The van der Waals surface area contributed by atoms with E-state index in [1.54, 1.807) is 30.5 Å². The van der Waals surface area contributed by atoms with Crippen molar-refractivity contribution in [2.45, 2.75) is 24.9 Å².